The molecule has 0 bridgehead atoms. The third kappa shape index (κ3) is 2.33. The Labute approximate surface area is 110 Å². The largest absolute Gasteiger partial charge is 0.494 e. The zero-order valence-corrected chi connectivity index (χ0v) is 10.5. The lowest BCUT2D eigenvalue weighted by Gasteiger charge is -2.15. The van der Waals surface area contributed by atoms with Crippen molar-refractivity contribution in [1.82, 2.24) is 0 Å². The summed E-state index contributed by atoms with van der Waals surface area (Å²) in [6.45, 7) is 0. The van der Waals surface area contributed by atoms with E-state index in [4.69, 9.17) is 16.3 Å². The maximum atomic E-state index is 14.1. The lowest BCUT2D eigenvalue weighted by Crippen LogP contribution is -2.05. The van der Waals surface area contributed by atoms with Crippen LogP contribution >= 0.6 is 11.6 Å². The molecule has 0 aliphatic heterocycles. The van der Waals surface area contributed by atoms with Crippen LogP contribution in [0.25, 0.3) is 0 Å². The highest BCUT2D eigenvalue weighted by Gasteiger charge is 2.21. The van der Waals surface area contributed by atoms with Crippen molar-refractivity contribution in [2.75, 3.05) is 7.11 Å². The summed E-state index contributed by atoms with van der Waals surface area (Å²) in [4.78, 5) is 0. The lowest BCUT2D eigenvalue weighted by molar-refractivity contribution is 0.213. The van der Waals surface area contributed by atoms with Crippen molar-refractivity contribution in [3.8, 4) is 5.75 Å². The molecule has 0 aliphatic rings. The van der Waals surface area contributed by atoms with Crippen molar-refractivity contribution in [2.45, 2.75) is 6.10 Å². The van der Waals surface area contributed by atoms with Crippen LogP contribution in [-0.4, -0.2) is 12.2 Å². The highest BCUT2D eigenvalue weighted by Crippen LogP contribution is 2.34. The molecule has 0 spiro atoms. The van der Waals surface area contributed by atoms with Gasteiger partial charge in [0.15, 0.2) is 11.6 Å². The molecule has 0 heterocycles. The third-order valence-corrected chi connectivity index (χ3v) is 3.03. The summed E-state index contributed by atoms with van der Waals surface area (Å²) in [7, 11) is 1.37. The van der Waals surface area contributed by atoms with E-state index in [-0.39, 0.29) is 16.3 Å². The van der Waals surface area contributed by atoms with E-state index in [0.29, 0.717) is 5.56 Å². The molecule has 0 saturated heterocycles. The summed E-state index contributed by atoms with van der Waals surface area (Å²) in [5.41, 5.74) is 0.605. The molecule has 1 atom stereocenters. The van der Waals surface area contributed by atoms with E-state index in [9.17, 15) is 9.50 Å². The van der Waals surface area contributed by atoms with Gasteiger partial charge < -0.3 is 9.84 Å². The smallest absolute Gasteiger partial charge is 0.172 e. The summed E-state index contributed by atoms with van der Waals surface area (Å²) >= 11 is 5.95. The number of ether oxygens (including phenoxy) is 1. The molecule has 0 saturated carbocycles. The molecule has 94 valence electrons. The van der Waals surface area contributed by atoms with Crippen LogP contribution in [0.1, 0.15) is 17.2 Å². The van der Waals surface area contributed by atoms with Crippen molar-refractivity contribution < 1.29 is 14.2 Å². The summed E-state index contributed by atoms with van der Waals surface area (Å²) < 4.78 is 19.0. The number of methoxy groups -OCH3 is 1. The van der Waals surface area contributed by atoms with Crippen LogP contribution in [0.15, 0.2) is 42.5 Å². The number of hydrogen-bond donors (Lipinski definition) is 1. The highest BCUT2D eigenvalue weighted by molar-refractivity contribution is 6.31. The van der Waals surface area contributed by atoms with Crippen molar-refractivity contribution in [1.29, 1.82) is 0 Å². The Hall–Kier alpha value is -1.58. The molecule has 2 rings (SSSR count). The fourth-order valence-corrected chi connectivity index (χ4v) is 2.01. The maximum absolute atomic E-state index is 14.1. The van der Waals surface area contributed by atoms with Crippen molar-refractivity contribution in [2.24, 2.45) is 0 Å². The Kier molecular flexibility index (Phi) is 3.84. The van der Waals surface area contributed by atoms with E-state index >= 15 is 0 Å². The van der Waals surface area contributed by atoms with Crippen LogP contribution in [-0.2, 0) is 0 Å². The fourth-order valence-electron chi connectivity index (χ4n) is 1.76. The molecule has 0 aliphatic carbocycles. The Morgan fingerprint density at radius 3 is 2.44 bits per heavy atom. The second-order valence-electron chi connectivity index (χ2n) is 3.79. The van der Waals surface area contributed by atoms with Crippen LogP contribution in [0, 0.1) is 5.82 Å². The van der Waals surface area contributed by atoms with E-state index < -0.39 is 11.9 Å². The lowest BCUT2D eigenvalue weighted by atomic mass is 10.0. The minimum atomic E-state index is -1.12. The Balaban J connectivity index is 2.51. The van der Waals surface area contributed by atoms with Crippen molar-refractivity contribution >= 4 is 11.6 Å². The average Bonchev–Trinajstić information content (AvgIpc) is 2.40. The minimum absolute atomic E-state index is 0.0298. The molecular formula is C14H12ClFO2. The molecule has 0 fully saturated rings. The zero-order valence-electron chi connectivity index (χ0n) is 9.73. The summed E-state index contributed by atoms with van der Waals surface area (Å²) in [5.74, 6) is -0.578. The fraction of sp³-hybridized carbons (Fsp3) is 0.143. The first-order chi connectivity index (χ1) is 8.65. The first-order valence-electron chi connectivity index (χ1n) is 5.40. The number of aliphatic hydroxyl groups excluding tert-OH is 1. The molecule has 2 nitrogen and oxygen atoms in total. The molecule has 0 radical (unpaired) electrons. The van der Waals surface area contributed by atoms with E-state index in [1.807, 2.05) is 6.07 Å². The van der Waals surface area contributed by atoms with Crippen LogP contribution < -0.4 is 4.74 Å². The van der Waals surface area contributed by atoms with Gasteiger partial charge in [0.1, 0.15) is 6.10 Å². The van der Waals surface area contributed by atoms with E-state index in [0.717, 1.165) is 0 Å². The average molecular weight is 267 g/mol. The van der Waals surface area contributed by atoms with Gasteiger partial charge in [0.05, 0.1) is 7.11 Å². The number of hydrogen-bond acceptors (Lipinski definition) is 2. The van der Waals surface area contributed by atoms with Crippen LogP contribution in [0.3, 0.4) is 0 Å². The van der Waals surface area contributed by atoms with E-state index in [2.05, 4.69) is 0 Å². The van der Waals surface area contributed by atoms with Gasteiger partial charge in [0.25, 0.3) is 0 Å². The van der Waals surface area contributed by atoms with Gasteiger partial charge in [-0.3, -0.25) is 0 Å². The van der Waals surface area contributed by atoms with Crippen LogP contribution in [0.2, 0.25) is 5.02 Å². The minimum Gasteiger partial charge on any atom is -0.494 e. The quantitative estimate of drug-likeness (QED) is 0.920. The molecule has 0 aromatic heterocycles. The van der Waals surface area contributed by atoms with Gasteiger partial charge >= 0.3 is 0 Å². The van der Waals surface area contributed by atoms with E-state index in [1.54, 1.807) is 24.3 Å². The first kappa shape index (κ1) is 12.9. The molecule has 18 heavy (non-hydrogen) atoms. The number of benzene rings is 2. The van der Waals surface area contributed by atoms with Gasteiger partial charge in [-0.2, -0.15) is 0 Å². The number of halogens is 2. The number of aliphatic hydroxyl groups is 1. The predicted molar refractivity (Wildman–Crippen MR) is 68.5 cm³/mol. The first-order valence-corrected chi connectivity index (χ1v) is 5.78. The molecular weight excluding hydrogens is 255 g/mol. The molecule has 2 aromatic rings. The highest BCUT2D eigenvalue weighted by atomic mass is 35.5. The van der Waals surface area contributed by atoms with Gasteiger partial charge in [0, 0.05) is 10.6 Å². The van der Waals surface area contributed by atoms with Gasteiger partial charge in [-0.05, 0) is 17.7 Å². The zero-order chi connectivity index (χ0) is 13.1. The summed E-state index contributed by atoms with van der Waals surface area (Å²) in [6, 6.07) is 11.7. The van der Waals surface area contributed by atoms with Crippen molar-refractivity contribution in [3.05, 3.63) is 64.4 Å². The predicted octanol–water partition coefficient (Wildman–Crippen LogP) is 3.57. The Morgan fingerprint density at radius 2 is 1.83 bits per heavy atom. The molecule has 1 unspecified atom stereocenters. The summed E-state index contributed by atoms with van der Waals surface area (Å²) in [6.07, 6.45) is -1.12. The molecule has 1 N–H and O–H groups in total. The SMILES string of the molecule is COc1ccc(Cl)c(C(O)c2ccccc2)c1F. The normalized spacial score (nSPS) is 12.2. The monoisotopic (exact) mass is 266 g/mol. The van der Waals surface area contributed by atoms with Gasteiger partial charge in [-0.25, -0.2) is 4.39 Å². The third-order valence-electron chi connectivity index (χ3n) is 2.70. The Bertz CT molecular complexity index is 543. The standard InChI is InChI=1S/C14H12ClFO2/c1-18-11-8-7-10(15)12(13(11)16)14(17)9-5-3-2-4-6-9/h2-8,14,17H,1H3. The summed E-state index contributed by atoms with van der Waals surface area (Å²) in [5, 5.41) is 10.4. The van der Waals surface area contributed by atoms with Crippen LogP contribution in [0.5, 0.6) is 5.75 Å². The maximum Gasteiger partial charge on any atom is 0.172 e. The van der Waals surface area contributed by atoms with Crippen LogP contribution in [0.4, 0.5) is 4.39 Å². The second kappa shape index (κ2) is 5.38. The van der Waals surface area contributed by atoms with Gasteiger partial charge in [-0.1, -0.05) is 41.9 Å². The van der Waals surface area contributed by atoms with E-state index in [1.165, 1.54) is 19.2 Å². The van der Waals surface area contributed by atoms with Crippen molar-refractivity contribution in [3.63, 3.8) is 0 Å². The second-order valence-corrected chi connectivity index (χ2v) is 4.20. The molecule has 4 heteroatoms. The van der Waals surface area contributed by atoms with Gasteiger partial charge in [-0.15, -0.1) is 0 Å². The molecule has 0 amide bonds. The number of rotatable bonds is 3. The Morgan fingerprint density at radius 1 is 1.17 bits per heavy atom. The topological polar surface area (TPSA) is 29.5 Å². The molecule has 2 aromatic carbocycles. The van der Waals surface area contributed by atoms with Gasteiger partial charge in [0.2, 0.25) is 0 Å².